The standard InChI is InChI=1S/C43H46O4/c1-4-37-40-25-35(46-42(44)33-17-13-31(14-18-33)29-9-5-27(2)6-10-29)21-23-38(40)39-24-22-36(26-41(37)39)47-43(45)34-19-15-32(16-20-34)30-11-7-28(3)8-12-30/h13-30,37H,4-12H2,1-3H3. The Morgan fingerprint density at radius 1 is 0.553 bits per heavy atom. The van der Waals surface area contributed by atoms with Crippen molar-refractivity contribution in [2.45, 2.75) is 96.3 Å². The minimum atomic E-state index is -0.340. The van der Waals surface area contributed by atoms with Crippen LogP contribution >= 0.6 is 0 Å². The highest BCUT2D eigenvalue weighted by atomic mass is 16.5. The molecule has 4 nitrogen and oxygen atoms in total. The summed E-state index contributed by atoms with van der Waals surface area (Å²) in [7, 11) is 0. The van der Waals surface area contributed by atoms with Gasteiger partial charge in [-0.2, -0.15) is 0 Å². The molecule has 0 radical (unpaired) electrons. The van der Waals surface area contributed by atoms with E-state index in [1.807, 2.05) is 60.7 Å². The first-order chi connectivity index (χ1) is 22.9. The molecule has 2 fully saturated rings. The zero-order chi connectivity index (χ0) is 32.5. The first-order valence-electron chi connectivity index (χ1n) is 17.8. The van der Waals surface area contributed by atoms with Crippen LogP contribution in [0.3, 0.4) is 0 Å². The van der Waals surface area contributed by atoms with Gasteiger partial charge in [0.05, 0.1) is 11.1 Å². The Hall–Kier alpha value is -4.18. The van der Waals surface area contributed by atoms with Gasteiger partial charge in [-0.15, -0.1) is 0 Å². The number of hydrogen-bond acceptors (Lipinski definition) is 4. The Bertz CT molecular complexity index is 1610. The maximum atomic E-state index is 13.1. The lowest BCUT2D eigenvalue weighted by Crippen LogP contribution is -2.12. The van der Waals surface area contributed by atoms with Crippen molar-refractivity contribution in [3.05, 3.63) is 118 Å². The number of carbonyl (C=O) groups excluding carboxylic acids is 2. The minimum Gasteiger partial charge on any atom is -0.423 e. The molecule has 0 N–H and O–H groups in total. The van der Waals surface area contributed by atoms with E-state index in [1.54, 1.807) is 0 Å². The largest absolute Gasteiger partial charge is 0.423 e. The summed E-state index contributed by atoms with van der Waals surface area (Å²) in [6, 6.07) is 27.8. The molecule has 0 amide bonds. The number of hydrogen-bond donors (Lipinski definition) is 0. The second kappa shape index (κ2) is 13.5. The highest BCUT2D eigenvalue weighted by Gasteiger charge is 2.29. The smallest absolute Gasteiger partial charge is 0.343 e. The molecule has 0 spiro atoms. The van der Waals surface area contributed by atoms with Crippen molar-refractivity contribution in [1.29, 1.82) is 0 Å². The number of carbonyl (C=O) groups is 2. The summed E-state index contributed by atoms with van der Waals surface area (Å²) in [4.78, 5) is 26.2. The van der Waals surface area contributed by atoms with Crippen molar-refractivity contribution in [3.8, 4) is 22.6 Å². The Balaban J connectivity index is 1.01. The first-order valence-corrected chi connectivity index (χ1v) is 17.8. The van der Waals surface area contributed by atoms with Crippen LogP contribution in [0.25, 0.3) is 11.1 Å². The summed E-state index contributed by atoms with van der Waals surface area (Å²) in [5.41, 5.74) is 8.30. The molecule has 0 heterocycles. The van der Waals surface area contributed by atoms with Gasteiger partial charge in [0.25, 0.3) is 0 Å². The second-order valence-corrected chi connectivity index (χ2v) is 14.4. The van der Waals surface area contributed by atoms with E-state index in [0.29, 0.717) is 34.5 Å². The van der Waals surface area contributed by atoms with Crippen LogP contribution in [0.15, 0.2) is 84.9 Å². The molecule has 4 aromatic carbocycles. The fraction of sp³-hybridized carbons (Fsp3) is 0.395. The molecule has 2 saturated carbocycles. The monoisotopic (exact) mass is 626 g/mol. The summed E-state index contributed by atoms with van der Waals surface area (Å²) >= 11 is 0. The van der Waals surface area contributed by atoms with Crippen LogP contribution in [0.4, 0.5) is 0 Å². The highest BCUT2D eigenvalue weighted by Crippen LogP contribution is 2.48. The van der Waals surface area contributed by atoms with E-state index >= 15 is 0 Å². The summed E-state index contributed by atoms with van der Waals surface area (Å²) < 4.78 is 11.8. The molecule has 0 saturated heterocycles. The number of esters is 2. The van der Waals surface area contributed by atoms with Gasteiger partial charge in [-0.1, -0.05) is 82.9 Å². The predicted molar refractivity (Wildman–Crippen MR) is 188 cm³/mol. The Morgan fingerprint density at radius 2 is 0.936 bits per heavy atom. The van der Waals surface area contributed by atoms with Crippen LogP contribution < -0.4 is 9.47 Å². The highest BCUT2D eigenvalue weighted by molar-refractivity contribution is 5.92. The molecule has 4 aromatic rings. The summed E-state index contributed by atoms with van der Waals surface area (Å²) in [5, 5.41) is 0. The molecular formula is C43H46O4. The Kier molecular flexibility index (Phi) is 9.03. The normalized spacial score (nSPS) is 23.4. The van der Waals surface area contributed by atoms with Gasteiger partial charge in [0, 0.05) is 5.92 Å². The van der Waals surface area contributed by atoms with E-state index in [2.05, 4.69) is 45.0 Å². The lowest BCUT2D eigenvalue weighted by Gasteiger charge is -2.26. The fourth-order valence-electron chi connectivity index (χ4n) is 8.18. The molecule has 47 heavy (non-hydrogen) atoms. The topological polar surface area (TPSA) is 52.6 Å². The summed E-state index contributed by atoms with van der Waals surface area (Å²) in [6.07, 6.45) is 10.9. The molecule has 0 aromatic heterocycles. The van der Waals surface area contributed by atoms with Crippen molar-refractivity contribution in [2.75, 3.05) is 0 Å². The lowest BCUT2D eigenvalue weighted by atomic mass is 9.79. The molecule has 0 aliphatic heterocycles. The number of rotatable bonds is 7. The zero-order valence-electron chi connectivity index (χ0n) is 28.0. The Morgan fingerprint density at radius 3 is 1.30 bits per heavy atom. The van der Waals surface area contributed by atoms with Crippen LogP contribution in [0, 0.1) is 11.8 Å². The van der Waals surface area contributed by atoms with E-state index in [9.17, 15) is 9.59 Å². The average Bonchev–Trinajstić information content (AvgIpc) is 3.41. The Labute approximate surface area is 279 Å². The minimum absolute atomic E-state index is 0.118. The molecule has 7 rings (SSSR count). The van der Waals surface area contributed by atoms with Gasteiger partial charge in [0.2, 0.25) is 0 Å². The van der Waals surface area contributed by atoms with Crippen LogP contribution in [-0.2, 0) is 0 Å². The van der Waals surface area contributed by atoms with Crippen molar-refractivity contribution < 1.29 is 19.1 Å². The molecule has 242 valence electrons. The fourth-order valence-corrected chi connectivity index (χ4v) is 8.18. The summed E-state index contributed by atoms with van der Waals surface area (Å²) in [6.45, 7) is 6.83. The number of ether oxygens (including phenoxy) is 2. The van der Waals surface area contributed by atoms with Gasteiger partial charge < -0.3 is 9.47 Å². The van der Waals surface area contributed by atoms with Gasteiger partial charge in [-0.3, -0.25) is 0 Å². The lowest BCUT2D eigenvalue weighted by molar-refractivity contribution is 0.0725. The van der Waals surface area contributed by atoms with E-state index in [4.69, 9.17) is 9.47 Å². The van der Waals surface area contributed by atoms with Crippen LogP contribution in [-0.4, -0.2) is 11.9 Å². The van der Waals surface area contributed by atoms with Crippen LogP contribution in [0.2, 0.25) is 0 Å². The quantitative estimate of drug-likeness (QED) is 0.151. The van der Waals surface area contributed by atoms with Crippen LogP contribution in [0.1, 0.15) is 139 Å². The predicted octanol–water partition coefficient (Wildman–Crippen LogP) is 11.2. The van der Waals surface area contributed by atoms with Crippen LogP contribution in [0.5, 0.6) is 11.5 Å². The molecule has 3 aliphatic carbocycles. The maximum Gasteiger partial charge on any atom is 0.343 e. The molecular weight excluding hydrogens is 580 g/mol. The zero-order valence-corrected chi connectivity index (χ0v) is 28.0. The van der Waals surface area contributed by atoms with E-state index < -0.39 is 0 Å². The number of fused-ring (bicyclic) bond motifs is 3. The average molecular weight is 627 g/mol. The van der Waals surface area contributed by atoms with Crippen molar-refractivity contribution in [2.24, 2.45) is 11.8 Å². The van der Waals surface area contributed by atoms with Crippen molar-refractivity contribution in [1.82, 2.24) is 0 Å². The SMILES string of the molecule is CCC1c2cc(OC(=O)c3ccc(C4CCC(C)CC4)cc3)ccc2-c2ccc(OC(=O)c3ccc(C4CCC(C)CC4)cc3)cc21. The van der Waals surface area contributed by atoms with Gasteiger partial charge >= 0.3 is 11.9 Å². The van der Waals surface area contributed by atoms with E-state index in [0.717, 1.165) is 40.5 Å². The molecule has 3 aliphatic rings. The third-order valence-electron chi connectivity index (χ3n) is 11.2. The molecule has 0 bridgehead atoms. The van der Waals surface area contributed by atoms with Gasteiger partial charge in [-0.25, -0.2) is 9.59 Å². The second-order valence-electron chi connectivity index (χ2n) is 14.4. The third-order valence-corrected chi connectivity index (χ3v) is 11.2. The van der Waals surface area contributed by atoms with E-state index in [-0.39, 0.29) is 17.9 Å². The maximum absolute atomic E-state index is 13.1. The van der Waals surface area contributed by atoms with Crippen molar-refractivity contribution >= 4 is 11.9 Å². The molecule has 0 unspecified atom stereocenters. The number of benzene rings is 4. The third kappa shape index (κ3) is 6.66. The van der Waals surface area contributed by atoms with Gasteiger partial charge in [0.1, 0.15) is 11.5 Å². The van der Waals surface area contributed by atoms with Gasteiger partial charge in [0.15, 0.2) is 0 Å². The van der Waals surface area contributed by atoms with Gasteiger partial charge in [-0.05, 0) is 138 Å². The first kappa shape index (κ1) is 31.4. The molecule has 4 heteroatoms. The van der Waals surface area contributed by atoms with E-state index in [1.165, 1.54) is 62.5 Å². The molecule has 0 atom stereocenters. The van der Waals surface area contributed by atoms with Crippen molar-refractivity contribution in [3.63, 3.8) is 0 Å². The summed E-state index contributed by atoms with van der Waals surface area (Å²) in [5.74, 6) is 3.34.